The van der Waals surface area contributed by atoms with Gasteiger partial charge in [0.15, 0.2) is 0 Å². The molecule has 10 heteroatoms. The average Bonchev–Trinajstić information content (AvgIpc) is 2.79. The van der Waals surface area contributed by atoms with Crippen LogP contribution in [0.2, 0.25) is 0 Å². The second-order valence-electron chi connectivity index (χ2n) is 3.73. The normalized spacial score (nSPS) is 11.6. The van der Waals surface area contributed by atoms with Crippen molar-refractivity contribution in [2.24, 2.45) is 0 Å². The summed E-state index contributed by atoms with van der Waals surface area (Å²) in [7, 11) is 1.41. The molecule has 0 fully saturated rings. The Balaban J connectivity index is 2.56. The van der Waals surface area contributed by atoms with Gasteiger partial charge in [-0.25, -0.2) is 14.6 Å². The van der Waals surface area contributed by atoms with Crippen molar-refractivity contribution in [3.63, 3.8) is 0 Å². The summed E-state index contributed by atoms with van der Waals surface area (Å²) in [6, 6.07) is -2.20. The van der Waals surface area contributed by atoms with Crippen LogP contribution in [-0.2, 0) is 16.1 Å². The average molecular weight is 271 g/mol. The number of rotatable bonds is 6. The first-order valence-corrected chi connectivity index (χ1v) is 5.20. The SMILES string of the molecule is CN(Cc1ncn[nH]1)C(=O)N[C@H](CC(=O)O)C(=O)O. The van der Waals surface area contributed by atoms with Gasteiger partial charge in [-0.2, -0.15) is 5.10 Å². The van der Waals surface area contributed by atoms with E-state index < -0.39 is 30.4 Å². The number of urea groups is 1. The Morgan fingerprint density at radius 3 is 2.63 bits per heavy atom. The third kappa shape index (κ3) is 4.61. The monoisotopic (exact) mass is 271 g/mol. The molecular formula is C9H13N5O5. The molecule has 0 spiro atoms. The van der Waals surface area contributed by atoms with Crippen LogP contribution in [0.15, 0.2) is 6.33 Å². The Morgan fingerprint density at radius 2 is 2.16 bits per heavy atom. The molecule has 2 amide bonds. The van der Waals surface area contributed by atoms with E-state index in [0.717, 1.165) is 4.90 Å². The predicted molar refractivity (Wildman–Crippen MR) is 60.1 cm³/mol. The molecule has 4 N–H and O–H groups in total. The zero-order valence-electron chi connectivity index (χ0n) is 10.0. The second-order valence-corrected chi connectivity index (χ2v) is 3.73. The highest BCUT2D eigenvalue weighted by atomic mass is 16.4. The van der Waals surface area contributed by atoms with E-state index in [2.05, 4.69) is 20.5 Å². The number of aromatic nitrogens is 3. The molecule has 10 nitrogen and oxygen atoms in total. The van der Waals surface area contributed by atoms with Gasteiger partial charge in [-0.15, -0.1) is 0 Å². The topological polar surface area (TPSA) is 149 Å². The van der Waals surface area contributed by atoms with Crippen molar-refractivity contribution in [3.05, 3.63) is 12.2 Å². The summed E-state index contributed by atoms with van der Waals surface area (Å²) >= 11 is 0. The lowest BCUT2D eigenvalue weighted by Crippen LogP contribution is -2.47. The molecule has 1 atom stereocenters. The minimum absolute atomic E-state index is 0.0885. The Morgan fingerprint density at radius 1 is 1.47 bits per heavy atom. The molecule has 0 aromatic carbocycles. The van der Waals surface area contributed by atoms with Crippen LogP contribution in [0.1, 0.15) is 12.2 Å². The molecule has 0 saturated carbocycles. The number of nitrogens with zero attached hydrogens (tertiary/aromatic N) is 3. The molecule has 1 rings (SSSR count). The largest absolute Gasteiger partial charge is 0.481 e. The Hall–Kier alpha value is -2.65. The molecule has 0 saturated heterocycles. The third-order valence-corrected chi connectivity index (χ3v) is 2.17. The summed E-state index contributed by atoms with van der Waals surface area (Å²) in [5, 5.41) is 25.6. The maximum atomic E-state index is 11.7. The van der Waals surface area contributed by atoms with E-state index in [1.54, 1.807) is 0 Å². The number of aliphatic carboxylic acids is 2. The summed E-state index contributed by atoms with van der Waals surface area (Å²) in [5.41, 5.74) is 0. The van der Waals surface area contributed by atoms with Crippen molar-refractivity contribution in [1.82, 2.24) is 25.4 Å². The van der Waals surface area contributed by atoms with Gasteiger partial charge in [-0.3, -0.25) is 9.89 Å². The number of carbonyl (C=O) groups is 3. The van der Waals surface area contributed by atoms with Crippen LogP contribution in [0.5, 0.6) is 0 Å². The molecule has 0 aliphatic heterocycles. The molecular weight excluding hydrogens is 258 g/mol. The number of H-pyrrole nitrogens is 1. The van der Waals surface area contributed by atoms with Gasteiger partial charge < -0.3 is 20.4 Å². The summed E-state index contributed by atoms with van der Waals surface area (Å²) in [5.74, 6) is -2.31. The van der Waals surface area contributed by atoms with E-state index in [1.807, 2.05) is 0 Å². The van der Waals surface area contributed by atoms with E-state index in [4.69, 9.17) is 10.2 Å². The number of nitrogens with one attached hydrogen (secondary N) is 2. The first kappa shape index (κ1) is 14.4. The van der Waals surface area contributed by atoms with Crippen molar-refractivity contribution in [3.8, 4) is 0 Å². The number of hydrogen-bond donors (Lipinski definition) is 4. The van der Waals surface area contributed by atoms with Gasteiger partial charge in [0.1, 0.15) is 18.2 Å². The molecule has 0 bridgehead atoms. The smallest absolute Gasteiger partial charge is 0.326 e. The highest BCUT2D eigenvalue weighted by Crippen LogP contribution is 1.98. The van der Waals surface area contributed by atoms with Crippen LogP contribution in [0.4, 0.5) is 4.79 Å². The van der Waals surface area contributed by atoms with Gasteiger partial charge in [0.05, 0.1) is 13.0 Å². The first-order chi connectivity index (χ1) is 8.90. The standard InChI is InChI=1S/C9H13N5O5/c1-14(3-6-10-4-11-13-6)9(19)12-5(8(17)18)2-7(15)16/h4-5H,2-3H2,1H3,(H,12,19)(H,15,16)(H,17,18)(H,10,11,13)/t5-/m1/s1. The van der Waals surface area contributed by atoms with Gasteiger partial charge >= 0.3 is 18.0 Å². The Labute approximate surface area is 107 Å². The molecule has 104 valence electrons. The Kier molecular flexibility index (Phi) is 4.80. The van der Waals surface area contributed by atoms with Gasteiger partial charge in [-0.05, 0) is 0 Å². The van der Waals surface area contributed by atoms with E-state index >= 15 is 0 Å². The van der Waals surface area contributed by atoms with E-state index in [-0.39, 0.29) is 6.54 Å². The lowest BCUT2D eigenvalue weighted by molar-refractivity contribution is -0.145. The summed E-state index contributed by atoms with van der Waals surface area (Å²) in [6.45, 7) is 0.0885. The fraction of sp³-hybridized carbons (Fsp3) is 0.444. The third-order valence-electron chi connectivity index (χ3n) is 2.17. The summed E-state index contributed by atoms with van der Waals surface area (Å²) < 4.78 is 0. The van der Waals surface area contributed by atoms with Crippen molar-refractivity contribution < 1.29 is 24.6 Å². The summed E-state index contributed by atoms with van der Waals surface area (Å²) in [6.07, 6.45) is 0.572. The lowest BCUT2D eigenvalue weighted by atomic mass is 10.2. The highest BCUT2D eigenvalue weighted by molar-refractivity contribution is 5.86. The van der Waals surface area contributed by atoms with Gasteiger partial charge in [0.25, 0.3) is 0 Å². The maximum Gasteiger partial charge on any atom is 0.326 e. The van der Waals surface area contributed by atoms with Crippen LogP contribution in [0.25, 0.3) is 0 Å². The number of carboxylic acids is 2. The van der Waals surface area contributed by atoms with Gasteiger partial charge in [0, 0.05) is 7.05 Å². The van der Waals surface area contributed by atoms with Gasteiger partial charge in [0.2, 0.25) is 0 Å². The zero-order valence-corrected chi connectivity index (χ0v) is 10.0. The molecule has 19 heavy (non-hydrogen) atoms. The van der Waals surface area contributed by atoms with Crippen molar-refractivity contribution >= 4 is 18.0 Å². The molecule has 1 aromatic heterocycles. The minimum atomic E-state index is -1.48. The van der Waals surface area contributed by atoms with Crippen molar-refractivity contribution in [2.75, 3.05) is 7.05 Å². The van der Waals surface area contributed by atoms with Crippen LogP contribution >= 0.6 is 0 Å². The van der Waals surface area contributed by atoms with Crippen molar-refractivity contribution in [2.45, 2.75) is 19.0 Å². The molecule has 0 unspecified atom stereocenters. The summed E-state index contributed by atoms with van der Waals surface area (Å²) in [4.78, 5) is 37.9. The van der Waals surface area contributed by atoms with Gasteiger partial charge in [-0.1, -0.05) is 0 Å². The highest BCUT2D eigenvalue weighted by Gasteiger charge is 2.24. The molecule has 1 aromatic rings. The number of carbonyl (C=O) groups excluding carboxylic acids is 1. The Bertz CT molecular complexity index is 460. The maximum absolute atomic E-state index is 11.7. The second kappa shape index (κ2) is 6.33. The fourth-order valence-corrected chi connectivity index (χ4v) is 1.24. The number of carboxylic acid groups (broad SMARTS) is 2. The van der Waals surface area contributed by atoms with Crippen LogP contribution in [0, 0.1) is 0 Å². The lowest BCUT2D eigenvalue weighted by Gasteiger charge is -2.19. The van der Waals surface area contributed by atoms with E-state index in [0.29, 0.717) is 5.82 Å². The molecule has 0 aliphatic carbocycles. The molecule has 0 aliphatic rings. The van der Waals surface area contributed by atoms with E-state index in [1.165, 1.54) is 13.4 Å². The number of hydrogen-bond acceptors (Lipinski definition) is 5. The minimum Gasteiger partial charge on any atom is -0.481 e. The zero-order chi connectivity index (χ0) is 14.4. The fourth-order valence-electron chi connectivity index (χ4n) is 1.24. The molecule has 1 heterocycles. The van der Waals surface area contributed by atoms with Crippen LogP contribution in [0.3, 0.4) is 0 Å². The first-order valence-electron chi connectivity index (χ1n) is 5.20. The molecule has 0 radical (unpaired) electrons. The van der Waals surface area contributed by atoms with E-state index in [9.17, 15) is 14.4 Å². The quantitative estimate of drug-likeness (QED) is 0.511. The predicted octanol–water partition coefficient (Wildman–Crippen LogP) is -1.13. The number of aromatic amines is 1. The van der Waals surface area contributed by atoms with Crippen molar-refractivity contribution in [1.29, 1.82) is 0 Å². The van der Waals surface area contributed by atoms with Crippen LogP contribution in [-0.4, -0.2) is 61.4 Å². The number of amides is 2. The van der Waals surface area contributed by atoms with Crippen LogP contribution < -0.4 is 5.32 Å².